The minimum atomic E-state index is -0.00516. The lowest BCUT2D eigenvalue weighted by Crippen LogP contribution is -2.14. The Morgan fingerprint density at radius 1 is 0.708 bits per heavy atom. The Bertz CT molecular complexity index is 2610. The highest BCUT2D eigenvalue weighted by molar-refractivity contribution is 6.14. The number of anilines is 1. The Morgan fingerprint density at radius 2 is 1.65 bits per heavy atom. The van der Waals surface area contributed by atoms with Crippen molar-refractivity contribution in [2.24, 2.45) is 4.99 Å². The van der Waals surface area contributed by atoms with E-state index in [0.717, 1.165) is 86.5 Å². The lowest BCUT2D eigenvalue weighted by molar-refractivity contribution is 0.975. The Balaban J connectivity index is 1.13. The van der Waals surface area contributed by atoms with Crippen LogP contribution in [-0.2, 0) is 6.42 Å². The number of para-hydroxylation sites is 1. The van der Waals surface area contributed by atoms with E-state index in [9.17, 15) is 0 Å². The maximum atomic E-state index is 5.35. The molecule has 7 aromatic rings. The van der Waals surface area contributed by atoms with Crippen molar-refractivity contribution in [1.29, 1.82) is 0 Å². The van der Waals surface area contributed by atoms with Crippen molar-refractivity contribution in [3.63, 3.8) is 0 Å². The van der Waals surface area contributed by atoms with E-state index in [1.54, 1.807) is 0 Å². The number of pyridine rings is 3. The first-order chi connectivity index (χ1) is 23.8. The van der Waals surface area contributed by atoms with Crippen LogP contribution in [0.25, 0.3) is 66.5 Å². The minimum absolute atomic E-state index is 0.00516. The molecular formula is C43H31N5. The molecule has 1 aliphatic carbocycles. The number of fused-ring (bicyclic) bond motifs is 8. The van der Waals surface area contributed by atoms with Crippen LogP contribution in [0, 0.1) is 0 Å². The van der Waals surface area contributed by atoms with Crippen LogP contribution in [-0.4, -0.2) is 21.2 Å². The second-order valence-corrected chi connectivity index (χ2v) is 12.8. The van der Waals surface area contributed by atoms with Gasteiger partial charge in [-0.2, -0.15) is 0 Å². The maximum Gasteiger partial charge on any atom is 0.0978 e. The van der Waals surface area contributed by atoms with Crippen molar-refractivity contribution < 1.29 is 0 Å². The predicted molar refractivity (Wildman–Crippen MR) is 200 cm³/mol. The summed E-state index contributed by atoms with van der Waals surface area (Å²) in [5.74, 6) is 0. The van der Waals surface area contributed by atoms with Crippen LogP contribution in [0.5, 0.6) is 0 Å². The number of aliphatic imine (C=N–C) groups is 1. The van der Waals surface area contributed by atoms with Gasteiger partial charge in [-0.15, -0.1) is 0 Å². The number of hydrogen-bond donors (Lipinski definition) is 1. The van der Waals surface area contributed by atoms with Crippen molar-refractivity contribution in [3.8, 4) is 11.3 Å². The van der Waals surface area contributed by atoms with E-state index in [0.29, 0.717) is 0 Å². The van der Waals surface area contributed by atoms with Crippen LogP contribution in [0.4, 0.5) is 11.4 Å². The van der Waals surface area contributed by atoms with E-state index in [-0.39, 0.29) is 6.04 Å². The maximum absolute atomic E-state index is 5.35. The molecule has 1 unspecified atom stereocenters. The summed E-state index contributed by atoms with van der Waals surface area (Å²) in [6.45, 7) is 0. The van der Waals surface area contributed by atoms with Crippen molar-refractivity contribution in [2.75, 3.05) is 5.32 Å². The molecule has 5 heteroatoms. The smallest absolute Gasteiger partial charge is 0.0978 e. The SMILES string of the molecule is C1=CC(c2c3ccccc3nc3c2ccc2ccc(-c4ccc(C5C=Cc6ccc7c(c6N5)N=CCC7)c5cccnc45)nc23)=CCC1. The van der Waals surface area contributed by atoms with Crippen molar-refractivity contribution in [1.82, 2.24) is 15.0 Å². The first-order valence-corrected chi connectivity index (χ1v) is 16.8. The summed E-state index contributed by atoms with van der Waals surface area (Å²) in [7, 11) is 0. The Kier molecular flexibility index (Phi) is 6.13. The highest BCUT2D eigenvalue weighted by atomic mass is 15.0. The van der Waals surface area contributed by atoms with Crippen LogP contribution < -0.4 is 5.32 Å². The number of nitrogens with one attached hydrogen (secondary N) is 1. The molecule has 1 N–H and O–H groups in total. The van der Waals surface area contributed by atoms with Crippen LogP contribution in [0.3, 0.4) is 0 Å². The first kappa shape index (κ1) is 27.2. The summed E-state index contributed by atoms with van der Waals surface area (Å²) in [5.41, 5.74) is 14.0. The van der Waals surface area contributed by atoms with Gasteiger partial charge < -0.3 is 5.32 Å². The number of aryl methyl sites for hydroxylation is 1. The fraction of sp³-hybridized carbons (Fsp3) is 0.116. The molecule has 3 aromatic heterocycles. The van der Waals surface area contributed by atoms with Gasteiger partial charge in [-0.3, -0.25) is 9.98 Å². The van der Waals surface area contributed by atoms with E-state index in [1.165, 1.54) is 33.2 Å². The number of hydrogen-bond acceptors (Lipinski definition) is 5. The van der Waals surface area contributed by atoms with Gasteiger partial charge >= 0.3 is 0 Å². The van der Waals surface area contributed by atoms with Gasteiger partial charge in [0.15, 0.2) is 0 Å². The van der Waals surface area contributed by atoms with E-state index in [2.05, 4.69) is 115 Å². The molecule has 0 spiro atoms. The summed E-state index contributed by atoms with van der Waals surface area (Å²) < 4.78 is 0. The molecule has 5 heterocycles. The standard InChI is InChI=1S/C43H31N5/c1-2-8-26(9-3-1)38-32-11-4-5-13-35(32)48-43-34(38)19-16-29-18-23-37(47-41(29)43)33-21-20-30(31-12-7-25-45-42(31)33)36-22-17-28-15-14-27-10-6-24-44-39(27)40(28)46-36/h2,4-5,7-9,11-25,36,46H,1,3,6,10H2. The molecule has 3 aliphatic rings. The average Bonchev–Trinajstić information content (AvgIpc) is 3.16. The third kappa shape index (κ3) is 4.24. The van der Waals surface area contributed by atoms with Gasteiger partial charge in [0, 0.05) is 45.1 Å². The molecule has 1 atom stereocenters. The highest BCUT2D eigenvalue weighted by Gasteiger charge is 2.23. The second kappa shape index (κ2) is 10.8. The number of nitrogens with zero attached hydrogens (tertiary/aromatic N) is 4. The minimum Gasteiger partial charge on any atom is -0.372 e. The lowest BCUT2D eigenvalue weighted by atomic mass is 9.91. The normalized spacial score (nSPS) is 16.7. The van der Waals surface area contributed by atoms with Gasteiger partial charge in [0.25, 0.3) is 0 Å². The second-order valence-electron chi connectivity index (χ2n) is 12.8. The third-order valence-corrected chi connectivity index (χ3v) is 10.0. The molecule has 48 heavy (non-hydrogen) atoms. The average molecular weight is 618 g/mol. The molecule has 228 valence electrons. The Labute approximate surface area is 278 Å². The number of benzene rings is 4. The zero-order valence-electron chi connectivity index (χ0n) is 26.3. The molecule has 0 radical (unpaired) electrons. The third-order valence-electron chi connectivity index (χ3n) is 10.0. The van der Waals surface area contributed by atoms with Crippen molar-refractivity contribution in [2.45, 2.75) is 31.7 Å². The molecule has 10 rings (SSSR count). The van der Waals surface area contributed by atoms with E-state index < -0.39 is 0 Å². The molecule has 5 nitrogen and oxygen atoms in total. The lowest BCUT2D eigenvalue weighted by Gasteiger charge is -2.27. The summed E-state index contributed by atoms with van der Waals surface area (Å²) >= 11 is 0. The molecular weight excluding hydrogens is 587 g/mol. The topological polar surface area (TPSA) is 63.1 Å². The van der Waals surface area contributed by atoms with Gasteiger partial charge in [0.05, 0.1) is 45.2 Å². The van der Waals surface area contributed by atoms with Gasteiger partial charge in [-0.05, 0) is 66.1 Å². The zero-order valence-corrected chi connectivity index (χ0v) is 26.3. The highest BCUT2D eigenvalue weighted by Crippen LogP contribution is 2.43. The number of allylic oxidation sites excluding steroid dienone is 4. The summed E-state index contributed by atoms with van der Waals surface area (Å²) in [4.78, 5) is 20.3. The molecule has 4 aromatic carbocycles. The van der Waals surface area contributed by atoms with E-state index in [1.807, 2.05) is 18.5 Å². The fourth-order valence-electron chi connectivity index (χ4n) is 7.72. The summed E-state index contributed by atoms with van der Waals surface area (Å²) in [6, 6.07) is 30.2. The molecule has 0 bridgehead atoms. The number of rotatable bonds is 3. The van der Waals surface area contributed by atoms with E-state index in [4.69, 9.17) is 19.9 Å². The molecule has 0 fully saturated rings. The van der Waals surface area contributed by atoms with Crippen molar-refractivity contribution >= 4 is 72.9 Å². The molecule has 0 amide bonds. The van der Waals surface area contributed by atoms with Crippen LogP contribution in [0.15, 0.2) is 120 Å². The Hall–Kier alpha value is -5.94. The Morgan fingerprint density at radius 3 is 2.60 bits per heavy atom. The monoisotopic (exact) mass is 617 g/mol. The van der Waals surface area contributed by atoms with Gasteiger partial charge in [-0.25, -0.2) is 9.97 Å². The number of aromatic nitrogens is 3. The van der Waals surface area contributed by atoms with Crippen LogP contribution >= 0.6 is 0 Å². The van der Waals surface area contributed by atoms with Gasteiger partial charge in [0.1, 0.15) is 0 Å². The molecule has 0 saturated carbocycles. The molecule has 0 saturated heterocycles. The summed E-state index contributed by atoms with van der Waals surface area (Å²) in [5, 5.41) is 8.30. The van der Waals surface area contributed by atoms with Gasteiger partial charge in [-0.1, -0.05) is 97.1 Å². The van der Waals surface area contributed by atoms with Gasteiger partial charge in [0.2, 0.25) is 0 Å². The van der Waals surface area contributed by atoms with E-state index >= 15 is 0 Å². The van der Waals surface area contributed by atoms with Crippen LogP contribution in [0.1, 0.15) is 47.6 Å². The largest absolute Gasteiger partial charge is 0.372 e. The first-order valence-electron chi connectivity index (χ1n) is 16.8. The quantitative estimate of drug-likeness (QED) is 0.158. The van der Waals surface area contributed by atoms with Crippen LogP contribution in [0.2, 0.25) is 0 Å². The molecule has 2 aliphatic heterocycles. The van der Waals surface area contributed by atoms with Crippen molar-refractivity contribution in [3.05, 3.63) is 138 Å². The predicted octanol–water partition coefficient (Wildman–Crippen LogP) is 10.7. The summed E-state index contributed by atoms with van der Waals surface area (Å²) in [6.07, 6.45) is 19.4. The zero-order chi connectivity index (χ0) is 31.6. The fourth-order valence-corrected chi connectivity index (χ4v) is 7.72.